The summed E-state index contributed by atoms with van der Waals surface area (Å²) >= 11 is 0. The first-order chi connectivity index (χ1) is 24.5. The van der Waals surface area contributed by atoms with Crippen LogP contribution in [0.4, 0.5) is 21.0 Å². The number of carbonyl (C=O) groups excluding carboxylic acids is 6. The van der Waals surface area contributed by atoms with E-state index >= 15 is 0 Å². The molecule has 280 valence electrons. The van der Waals surface area contributed by atoms with E-state index in [0.717, 1.165) is 5.56 Å². The molecule has 0 aromatic heterocycles. The molecule has 0 aliphatic carbocycles. The van der Waals surface area contributed by atoms with Gasteiger partial charge in [-0.1, -0.05) is 12.8 Å². The van der Waals surface area contributed by atoms with Crippen LogP contribution in [0.2, 0.25) is 0 Å². The monoisotopic (exact) mass is 724 g/mol. The van der Waals surface area contributed by atoms with Crippen molar-refractivity contribution in [1.82, 2.24) is 10.6 Å². The Kier molecular flexibility index (Phi) is 13.1. The minimum absolute atomic E-state index is 0.149. The SMILES string of the molecule is C#Cc1cc2c(cc1C(=O)OC)N(CCNC(=O)OC)C(=O)C(C)(C)O2.CCc1cc2c(cc1C(=O)OC)N(CCNC(=O)OC)C(=O)C(C)(C)O2. The van der Waals surface area contributed by atoms with Crippen molar-refractivity contribution >= 4 is 47.3 Å². The average Bonchev–Trinajstić information content (AvgIpc) is 3.12. The van der Waals surface area contributed by atoms with Gasteiger partial charge in [-0.15, -0.1) is 6.42 Å². The van der Waals surface area contributed by atoms with Crippen LogP contribution in [0.5, 0.6) is 11.5 Å². The third-order valence-corrected chi connectivity index (χ3v) is 8.04. The first-order valence-electron chi connectivity index (χ1n) is 16.1. The van der Waals surface area contributed by atoms with Gasteiger partial charge in [0.05, 0.1) is 50.9 Å². The fourth-order valence-corrected chi connectivity index (χ4v) is 5.39. The number of aryl methyl sites for hydroxylation is 1. The molecule has 0 spiro atoms. The molecule has 16 nitrogen and oxygen atoms in total. The third-order valence-electron chi connectivity index (χ3n) is 8.04. The highest BCUT2D eigenvalue weighted by molar-refractivity contribution is 6.05. The van der Waals surface area contributed by atoms with Crippen molar-refractivity contribution in [3.63, 3.8) is 0 Å². The number of methoxy groups -OCH3 is 4. The van der Waals surface area contributed by atoms with E-state index in [0.29, 0.717) is 40.4 Å². The van der Waals surface area contributed by atoms with Crippen LogP contribution in [0.15, 0.2) is 24.3 Å². The van der Waals surface area contributed by atoms with Gasteiger partial charge in [0.25, 0.3) is 11.8 Å². The number of anilines is 2. The molecule has 0 saturated heterocycles. The van der Waals surface area contributed by atoms with Crippen LogP contribution in [0.1, 0.15) is 66.5 Å². The van der Waals surface area contributed by atoms with Crippen LogP contribution in [-0.4, -0.2) is 102 Å². The molecule has 52 heavy (non-hydrogen) atoms. The predicted octanol–water partition coefficient (Wildman–Crippen LogP) is 3.21. The minimum atomic E-state index is -1.13. The first-order valence-corrected chi connectivity index (χ1v) is 16.1. The van der Waals surface area contributed by atoms with Gasteiger partial charge in [-0.2, -0.15) is 0 Å². The fraction of sp³-hybridized carbons (Fsp3) is 0.444. The number of esters is 2. The maximum absolute atomic E-state index is 12.8. The van der Waals surface area contributed by atoms with Crippen LogP contribution in [-0.2, 0) is 35.0 Å². The molecule has 2 aliphatic heterocycles. The van der Waals surface area contributed by atoms with Gasteiger partial charge in [0, 0.05) is 31.7 Å². The summed E-state index contributed by atoms with van der Waals surface area (Å²) in [6.07, 6.45) is 4.90. The summed E-state index contributed by atoms with van der Waals surface area (Å²) in [6, 6.07) is 6.35. The molecule has 0 radical (unpaired) electrons. The van der Waals surface area contributed by atoms with E-state index < -0.39 is 35.3 Å². The Labute approximate surface area is 302 Å². The van der Waals surface area contributed by atoms with Crippen LogP contribution in [0, 0.1) is 12.3 Å². The van der Waals surface area contributed by atoms with Gasteiger partial charge < -0.3 is 48.9 Å². The number of carbonyl (C=O) groups is 6. The highest BCUT2D eigenvalue weighted by Gasteiger charge is 2.43. The van der Waals surface area contributed by atoms with Gasteiger partial charge in [-0.05, 0) is 63.9 Å². The number of rotatable bonds is 9. The lowest BCUT2D eigenvalue weighted by atomic mass is 9.98. The summed E-state index contributed by atoms with van der Waals surface area (Å²) in [6.45, 7) is 9.24. The fourth-order valence-electron chi connectivity index (χ4n) is 5.39. The number of nitrogens with one attached hydrogen (secondary N) is 2. The van der Waals surface area contributed by atoms with Gasteiger partial charge in [-0.3, -0.25) is 9.59 Å². The molecule has 2 N–H and O–H groups in total. The van der Waals surface area contributed by atoms with Crippen molar-refractivity contribution in [3.8, 4) is 23.8 Å². The number of hydrogen-bond acceptors (Lipinski definition) is 12. The number of fused-ring (bicyclic) bond motifs is 2. The molecule has 0 saturated carbocycles. The Morgan fingerprint density at radius 3 is 1.54 bits per heavy atom. The quantitative estimate of drug-likeness (QED) is 0.219. The van der Waals surface area contributed by atoms with Crippen LogP contribution in [0.3, 0.4) is 0 Å². The van der Waals surface area contributed by atoms with E-state index in [-0.39, 0.29) is 43.6 Å². The maximum atomic E-state index is 12.8. The van der Waals surface area contributed by atoms with Crippen molar-refractivity contribution < 1.29 is 57.2 Å². The second-order valence-electron chi connectivity index (χ2n) is 12.3. The standard InChI is InChI=1S/C18H24N2O6.C18H20N2O6/c2*1-6-11-9-14-13(10-12(11)15(21)24-4)20(8-7-19-17(23)25-5)16(22)18(2,3)26-14/h9-10H,6-8H2,1-5H3,(H,19,23);1,9-10H,7-8H2,2-5H3,(H,19,23). The lowest BCUT2D eigenvalue weighted by Gasteiger charge is -2.39. The minimum Gasteiger partial charge on any atom is -0.476 e. The van der Waals surface area contributed by atoms with E-state index in [4.69, 9.17) is 25.4 Å². The Morgan fingerprint density at radius 1 is 0.712 bits per heavy atom. The van der Waals surface area contributed by atoms with Crippen molar-refractivity contribution in [3.05, 3.63) is 46.5 Å². The van der Waals surface area contributed by atoms with E-state index in [1.807, 2.05) is 6.92 Å². The lowest BCUT2D eigenvalue weighted by molar-refractivity contribution is -0.133. The summed E-state index contributed by atoms with van der Waals surface area (Å²) in [5.74, 6) is 1.62. The van der Waals surface area contributed by atoms with E-state index in [9.17, 15) is 28.8 Å². The van der Waals surface area contributed by atoms with Crippen molar-refractivity contribution in [1.29, 1.82) is 0 Å². The highest BCUT2D eigenvalue weighted by atomic mass is 16.5. The Balaban J connectivity index is 0.000000280. The summed E-state index contributed by atoms with van der Waals surface area (Å²) < 4.78 is 30.3. The Hall–Kier alpha value is -5.98. The van der Waals surface area contributed by atoms with Crippen molar-refractivity contribution in [2.75, 3.05) is 64.4 Å². The van der Waals surface area contributed by atoms with E-state index in [2.05, 4.69) is 26.0 Å². The van der Waals surface area contributed by atoms with Gasteiger partial charge in [0.1, 0.15) is 11.5 Å². The number of nitrogens with zero attached hydrogens (tertiary/aromatic N) is 2. The van der Waals surface area contributed by atoms with Gasteiger partial charge >= 0.3 is 24.1 Å². The van der Waals surface area contributed by atoms with E-state index in [1.165, 1.54) is 50.4 Å². The molecule has 4 amide bonds. The van der Waals surface area contributed by atoms with Gasteiger partial charge in [-0.25, -0.2) is 19.2 Å². The summed E-state index contributed by atoms with van der Waals surface area (Å²) in [5, 5.41) is 5.05. The Bertz CT molecular complexity index is 1780. The third kappa shape index (κ3) is 8.84. The molecular formula is C36H44N4O12. The van der Waals surface area contributed by atoms with Crippen LogP contribution >= 0.6 is 0 Å². The number of terminal acetylenes is 1. The number of alkyl carbamates (subject to hydrolysis) is 2. The normalized spacial score (nSPS) is 14.8. The second kappa shape index (κ2) is 16.8. The molecule has 2 aromatic rings. The summed E-state index contributed by atoms with van der Waals surface area (Å²) in [7, 11) is 5.06. The molecule has 0 fully saturated rings. The smallest absolute Gasteiger partial charge is 0.406 e. The van der Waals surface area contributed by atoms with Crippen molar-refractivity contribution in [2.45, 2.75) is 52.2 Å². The number of amides is 4. The zero-order valence-corrected chi connectivity index (χ0v) is 30.7. The molecule has 0 bridgehead atoms. The second-order valence-corrected chi connectivity index (χ2v) is 12.3. The lowest BCUT2D eigenvalue weighted by Crippen LogP contribution is -2.54. The summed E-state index contributed by atoms with van der Waals surface area (Å²) in [4.78, 5) is 75.1. The largest absolute Gasteiger partial charge is 0.476 e. The van der Waals surface area contributed by atoms with Crippen LogP contribution in [0.25, 0.3) is 0 Å². The number of benzene rings is 2. The summed E-state index contributed by atoms with van der Waals surface area (Å²) in [5.41, 5.74) is 0.264. The van der Waals surface area contributed by atoms with Gasteiger partial charge in [0.2, 0.25) is 0 Å². The number of ether oxygens (including phenoxy) is 6. The Morgan fingerprint density at radius 2 is 1.13 bits per heavy atom. The van der Waals surface area contributed by atoms with E-state index in [1.54, 1.807) is 39.8 Å². The van der Waals surface area contributed by atoms with Crippen molar-refractivity contribution in [2.24, 2.45) is 0 Å². The number of hydrogen-bond donors (Lipinski definition) is 2. The highest BCUT2D eigenvalue weighted by Crippen LogP contribution is 2.41. The average molecular weight is 725 g/mol. The van der Waals surface area contributed by atoms with Gasteiger partial charge in [0.15, 0.2) is 11.2 Å². The molecule has 2 heterocycles. The first kappa shape index (κ1) is 40.4. The zero-order valence-electron chi connectivity index (χ0n) is 30.7. The zero-order chi connectivity index (χ0) is 39.0. The molecule has 2 aliphatic rings. The van der Waals surface area contributed by atoms with Crippen LogP contribution < -0.4 is 29.9 Å². The topological polar surface area (TPSA) is 188 Å². The molecule has 0 unspecified atom stereocenters. The molecule has 0 atom stereocenters. The molecule has 4 rings (SSSR count). The molecule has 2 aromatic carbocycles. The molecular weight excluding hydrogens is 680 g/mol. The predicted molar refractivity (Wildman–Crippen MR) is 188 cm³/mol. The maximum Gasteiger partial charge on any atom is 0.406 e. The molecule has 16 heteroatoms.